The summed E-state index contributed by atoms with van der Waals surface area (Å²) in [4.78, 5) is 29.8. The summed E-state index contributed by atoms with van der Waals surface area (Å²) in [6, 6.07) is 26.1. The minimum Gasteiger partial charge on any atom is -0.354 e. The molecular weight excluding hydrogens is 665 g/mol. The van der Waals surface area contributed by atoms with Crippen molar-refractivity contribution >= 4 is 62.3 Å². The van der Waals surface area contributed by atoms with Crippen LogP contribution in [0.2, 0.25) is 15.1 Å². The number of anilines is 1. The molecule has 11 heteroatoms. The second-order valence-electron chi connectivity index (χ2n) is 11.0. The van der Waals surface area contributed by atoms with Gasteiger partial charge in [0.1, 0.15) is 12.6 Å². The number of nitrogens with zero attached hydrogens (tertiary/aromatic N) is 2. The van der Waals surface area contributed by atoms with Crippen molar-refractivity contribution in [3.8, 4) is 0 Å². The zero-order valence-electron chi connectivity index (χ0n) is 25.6. The molecule has 0 aromatic heterocycles. The summed E-state index contributed by atoms with van der Waals surface area (Å²) < 4.78 is 29.3. The lowest BCUT2D eigenvalue weighted by atomic mass is 10.0. The monoisotopic (exact) mass is 699 g/mol. The number of nitrogens with one attached hydrogen (secondary N) is 1. The summed E-state index contributed by atoms with van der Waals surface area (Å²) in [7, 11) is -4.28. The Labute approximate surface area is 286 Å². The van der Waals surface area contributed by atoms with E-state index in [1.54, 1.807) is 36.4 Å². The Morgan fingerprint density at radius 2 is 1.43 bits per heavy atom. The lowest BCUT2D eigenvalue weighted by molar-refractivity contribution is -0.140. The molecule has 0 radical (unpaired) electrons. The van der Waals surface area contributed by atoms with Crippen molar-refractivity contribution in [3.05, 3.63) is 129 Å². The second kappa shape index (κ2) is 16.3. The highest BCUT2D eigenvalue weighted by atomic mass is 35.5. The highest BCUT2D eigenvalue weighted by molar-refractivity contribution is 7.92. The molecule has 242 valence electrons. The third-order valence-corrected chi connectivity index (χ3v) is 9.87. The molecule has 0 aliphatic heterocycles. The van der Waals surface area contributed by atoms with E-state index < -0.39 is 28.5 Å². The van der Waals surface area contributed by atoms with Crippen LogP contribution >= 0.6 is 34.8 Å². The molecule has 0 fully saturated rings. The van der Waals surface area contributed by atoms with E-state index >= 15 is 0 Å². The fourth-order valence-corrected chi connectivity index (χ4v) is 6.93. The minimum atomic E-state index is -4.28. The van der Waals surface area contributed by atoms with Crippen LogP contribution in [0, 0.1) is 6.92 Å². The maximum absolute atomic E-state index is 14.5. The van der Waals surface area contributed by atoms with Gasteiger partial charge in [-0.2, -0.15) is 0 Å². The van der Waals surface area contributed by atoms with Crippen LogP contribution in [0.3, 0.4) is 0 Å². The Balaban J connectivity index is 1.81. The van der Waals surface area contributed by atoms with Crippen molar-refractivity contribution in [2.45, 2.75) is 50.6 Å². The zero-order chi connectivity index (χ0) is 33.3. The van der Waals surface area contributed by atoms with Gasteiger partial charge in [-0.15, -0.1) is 0 Å². The van der Waals surface area contributed by atoms with E-state index in [-0.39, 0.29) is 39.5 Å². The minimum absolute atomic E-state index is 0.00982. The number of aryl methyl sites for hydroxylation is 1. The van der Waals surface area contributed by atoms with Crippen molar-refractivity contribution in [2.24, 2.45) is 0 Å². The summed E-state index contributed by atoms with van der Waals surface area (Å²) in [5.41, 5.74) is 2.55. The average molecular weight is 701 g/mol. The van der Waals surface area contributed by atoms with Crippen LogP contribution in [-0.4, -0.2) is 44.3 Å². The predicted octanol–water partition coefficient (Wildman–Crippen LogP) is 7.71. The fourth-order valence-electron chi connectivity index (χ4n) is 4.90. The normalized spacial score (nSPS) is 11.9. The van der Waals surface area contributed by atoms with Gasteiger partial charge in [-0.05, 0) is 66.9 Å². The number of carbonyl (C=O) groups is 2. The molecule has 4 rings (SSSR count). The Morgan fingerprint density at radius 1 is 0.804 bits per heavy atom. The molecule has 2 amide bonds. The lowest BCUT2D eigenvalue weighted by Crippen LogP contribution is -2.53. The van der Waals surface area contributed by atoms with Gasteiger partial charge in [0.05, 0.1) is 10.6 Å². The van der Waals surface area contributed by atoms with Gasteiger partial charge >= 0.3 is 0 Å². The molecule has 7 nitrogen and oxygen atoms in total. The quantitative estimate of drug-likeness (QED) is 0.137. The van der Waals surface area contributed by atoms with E-state index in [0.717, 1.165) is 33.8 Å². The number of hydrogen-bond donors (Lipinski definition) is 1. The van der Waals surface area contributed by atoms with E-state index in [1.807, 2.05) is 44.2 Å². The largest absolute Gasteiger partial charge is 0.354 e. The van der Waals surface area contributed by atoms with Crippen LogP contribution in [-0.2, 0) is 32.6 Å². The molecule has 0 aliphatic carbocycles. The van der Waals surface area contributed by atoms with E-state index in [4.69, 9.17) is 34.8 Å². The summed E-state index contributed by atoms with van der Waals surface area (Å²) in [6.07, 6.45) is 1.87. The number of rotatable bonds is 14. The molecule has 0 heterocycles. The van der Waals surface area contributed by atoms with Crippen molar-refractivity contribution in [1.82, 2.24) is 10.2 Å². The lowest BCUT2D eigenvalue weighted by Gasteiger charge is -2.34. The first-order chi connectivity index (χ1) is 22.0. The van der Waals surface area contributed by atoms with Gasteiger partial charge in [0.15, 0.2) is 0 Å². The molecule has 0 unspecified atom stereocenters. The SMILES string of the molecule is CCCCNC(=O)[C@@H](Cc1ccccc1)N(Cc1ccc(Cl)cc1)C(=O)CN(c1cc(Cl)cc(Cl)c1)S(=O)(=O)c1ccc(C)cc1. The van der Waals surface area contributed by atoms with Crippen LogP contribution in [0.5, 0.6) is 0 Å². The number of unbranched alkanes of at least 4 members (excludes halogenated alkanes) is 1. The Morgan fingerprint density at radius 3 is 2.04 bits per heavy atom. The molecule has 0 aliphatic rings. The van der Waals surface area contributed by atoms with Crippen molar-refractivity contribution in [3.63, 3.8) is 0 Å². The van der Waals surface area contributed by atoms with Gasteiger partial charge in [-0.25, -0.2) is 8.42 Å². The molecule has 1 atom stereocenters. The highest BCUT2D eigenvalue weighted by Crippen LogP contribution is 2.30. The summed E-state index contributed by atoms with van der Waals surface area (Å²) in [6.45, 7) is 3.73. The predicted molar refractivity (Wildman–Crippen MR) is 186 cm³/mol. The van der Waals surface area contributed by atoms with E-state index in [0.29, 0.717) is 11.6 Å². The van der Waals surface area contributed by atoms with Gasteiger partial charge in [-0.1, -0.05) is 108 Å². The van der Waals surface area contributed by atoms with Crippen LogP contribution in [0.15, 0.2) is 102 Å². The molecule has 0 saturated carbocycles. The van der Waals surface area contributed by atoms with Gasteiger partial charge in [0, 0.05) is 34.6 Å². The molecule has 1 N–H and O–H groups in total. The Bertz CT molecular complexity index is 1720. The topological polar surface area (TPSA) is 86.8 Å². The number of carbonyl (C=O) groups excluding carboxylic acids is 2. The number of benzene rings is 4. The molecular formula is C35H36Cl3N3O4S. The molecule has 0 bridgehead atoms. The summed E-state index contributed by atoms with van der Waals surface area (Å²) >= 11 is 18.8. The standard InChI is InChI=1S/C35H36Cl3N3O4S/c1-3-4-18-39-35(43)33(19-26-8-6-5-7-9-26)40(23-27-12-14-28(36)15-13-27)34(42)24-41(31-21-29(37)20-30(38)22-31)46(44,45)32-16-10-25(2)11-17-32/h5-17,20-22,33H,3-4,18-19,23-24H2,1-2H3,(H,39,43)/t33-/m1/s1. The second-order valence-corrected chi connectivity index (χ2v) is 14.1. The van der Waals surface area contributed by atoms with Crippen LogP contribution in [0.25, 0.3) is 0 Å². The first-order valence-corrected chi connectivity index (χ1v) is 17.5. The van der Waals surface area contributed by atoms with E-state index in [1.165, 1.54) is 35.2 Å². The number of sulfonamides is 1. The van der Waals surface area contributed by atoms with Crippen LogP contribution < -0.4 is 9.62 Å². The van der Waals surface area contributed by atoms with E-state index in [2.05, 4.69) is 5.32 Å². The van der Waals surface area contributed by atoms with Crippen molar-refractivity contribution in [2.75, 3.05) is 17.4 Å². The fraction of sp³-hybridized carbons (Fsp3) is 0.257. The highest BCUT2D eigenvalue weighted by Gasteiger charge is 2.34. The Kier molecular flexibility index (Phi) is 12.5. The molecule has 0 spiro atoms. The summed E-state index contributed by atoms with van der Waals surface area (Å²) in [5, 5.41) is 3.90. The number of amides is 2. The molecule has 46 heavy (non-hydrogen) atoms. The number of hydrogen-bond acceptors (Lipinski definition) is 4. The summed E-state index contributed by atoms with van der Waals surface area (Å²) in [5.74, 6) is -0.924. The Hall–Kier alpha value is -3.56. The molecule has 0 saturated heterocycles. The molecule has 4 aromatic carbocycles. The molecule has 4 aromatic rings. The zero-order valence-corrected chi connectivity index (χ0v) is 28.7. The van der Waals surface area contributed by atoms with Gasteiger partial charge in [0.25, 0.3) is 10.0 Å². The van der Waals surface area contributed by atoms with Gasteiger partial charge < -0.3 is 10.2 Å². The average Bonchev–Trinajstić information content (AvgIpc) is 3.02. The van der Waals surface area contributed by atoms with E-state index in [9.17, 15) is 18.0 Å². The first-order valence-electron chi connectivity index (χ1n) is 14.9. The third kappa shape index (κ3) is 9.48. The first kappa shape index (κ1) is 35.3. The van der Waals surface area contributed by atoms with Crippen molar-refractivity contribution < 1.29 is 18.0 Å². The van der Waals surface area contributed by atoms with Crippen LogP contribution in [0.1, 0.15) is 36.5 Å². The third-order valence-electron chi connectivity index (χ3n) is 7.39. The smallest absolute Gasteiger partial charge is 0.264 e. The maximum atomic E-state index is 14.5. The maximum Gasteiger partial charge on any atom is 0.264 e. The van der Waals surface area contributed by atoms with Gasteiger partial charge in [-0.3, -0.25) is 13.9 Å². The van der Waals surface area contributed by atoms with Gasteiger partial charge in [0.2, 0.25) is 11.8 Å². The number of halogens is 3. The van der Waals surface area contributed by atoms with Crippen LogP contribution in [0.4, 0.5) is 5.69 Å². The van der Waals surface area contributed by atoms with Crippen molar-refractivity contribution in [1.29, 1.82) is 0 Å².